The van der Waals surface area contributed by atoms with Crippen LogP contribution in [-0.4, -0.2) is 8.42 Å². The first-order valence-electron chi connectivity index (χ1n) is 4.02. The zero-order valence-corrected chi connectivity index (χ0v) is 8.79. The SMILES string of the molecule is O=S(=O)(/C=C1/[CH-]C1)c1ccccc1.[Li+]. The smallest absolute Gasteiger partial charge is 0.238 e. The zero-order valence-electron chi connectivity index (χ0n) is 7.97. The molecular weight excluding hydrogens is 191 g/mol. The normalized spacial score (nSPS) is 17.0. The molecule has 0 aromatic heterocycles. The molecule has 1 aromatic carbocycles. The Morgan fingerprint density at radius 3 is 2.29 bits per heavy atom. The number of rotatable bonds is 2. The molecule has 2 nitrogen and oxygen atoms in total. The van der Waals surface area contributed by atoms with E-state index in [4.69, 9.17) is 0 Å². The maximum Gasteiger partial charge on any atom is 1.00 e. The van der Waals surface area contributed by atoms with E-state index in [1.807, 2.05) is 6.42 Å². The molecule has 68 valence electrons. The van der Waals surface area contributed by atoms with Crippen molar-refractivity contribution in [2.75, 3.05) is 0 Å². The van der Waals surface area contributed by atoms with Gasteiger partial charge in [0.05, 0.1) is 4.90 Å². The minimum atomic E-state index is -3.19. The summed E-state index contributed by atoms with van der Waals surface area (Å²) in [5, 5.41) is 1.34. The van der Waals surface area contributed by atoms with Gasteiger partial charge in [-0.1, -0.05) is 18.2 Å². The fourth-order valence-corrected chi connectivity index (χ4v) is 2.30. The molecule has 14 heavy (non-hydrogen) atoms. The van der Waals surface area contributed by atoms with Crippen molar-refractivity contribution in [2.45, 2.75) is 11.3 Å². The van der Waals surface area contributed by atoms with Crippen LogP contribution in [0.4, 0.5) is 0 Å². The summed E-state index contributed by atoms with van der Waals surface area (Å²) < 4.78 is 23.2. The van der Waals surface area contributed by atoms with E-state index in [-0.39, 0.29) is 18.9 Å². The molecule has 0 spiro atoms. The Bertz CT molecular complexity index is 428. The first-order chi connectivity index (χ1) is 6.18. The Hall–Kier alpha value is -0.623. The molecule has 0 saturated heterocycles. The van der Waals surface area contributed by atoms with E-state index in [0.29, 0.717) is 4.90 Å². The van der Waals surface area contributed by atoms with Crippen molar-refractivity contribution in [3.63, 3.8) is 0 Å². The zero-order chi connectivity index (χ0) is 9.31. The summed E-state index contributed by atoms with van der Waals surface area (Å²) in [6.07, 6.45) is 2.70. The monoisotopic (exact) mass is 200 g/mol. The largest absolute Gasteiger partial charge is 1.00 e. The van der Waals surface area contributed by atoms with E-state index in [1.165, 1.54) is 5.41 Å². The molecular formula is C10H9LiO2S. The van der Waals surface area contributed by atoms with Crippen molar-refractivity contribution in [3.8, 4) is 0 Å². The third-order valence-electron chi connectivity index (χ3n) is 1.82. The second-order valence-corrected chi connectivity index (χ2v) is 4.76. The van der Waals surface area contributed by atoms with Gasteiger partial charge in [0.15, 0.2) is 0 Å². The van der Waals surface area contributed by atoms with Crippen LogP contribution >= 0.6 is 0 Å². The second kappa shape index (κ2) is 4.27. The standard InChI is InChI=1S/C10H9O2S.Li/c11-13(12,8-9-6-7-9)10-4-2-1-3-5-10;/h1-6,8H,7H2;/q-1;+1/b9-8-;. The van der Waals surface area contributed by atoms with Gasteiger partial charge in [0.25, 0.3) is 0 Å². The van der Waals surface area contributed by atoms with Crippen LogP contribution in [-0.2, 0) is 9.84 Å². The van der Waals surface area contributed by atoms with Crippen molar-refractivity contribution in [1.82, 2.24) is 0 Å². The van der Waals surface area contributed by atoms with Gasteiger partial charge in [-0.15, -0.1) is 11.8 Å². The van der Waals surface area contributed by atoms with Gasteiger partial charge < -0.3 is 0 Å². The molecule has 0 amide bonds. The second-order valence-electron chi connectivity index (χ2n) is 2.96. The fraction of sp³-hybridized carbons (Fsp3) is 0.100. The maximum atomic E-state index is 11.6. The van der Waals surface area contributed by atoms with Crippen LogP contribution < -0.4 is 18.9 Å². The first-order valence-corrected chi connectivity index (χ1v) is 5.57. The molecule has 1 aliphatic rings. The van der Waals surface area contributed by atoms with Gasteiger partial charge in [0, 0.05) is 0 Å². The van der Waals surface area contributed by atoms with E-state index in [1.54, 1.807) is 30.3 Å². The molecule has 4 heteroatoms. The molecule has 1 aromatic rings. The van der Waals surface area contributed by atoms with Gasteiger partial charge in [-0.2, -0.15) is 0 Å². The van der Waals surface area contributed by atoms with Crippen molar-refractivity contribution in [1.29, 1.82) is 0 Å². The quantitative estimate of drug-likeness (QED) is 0.451. The summed E-state index contributed by atoms with van der Waals surface area (Å²) in [6.45, 7) is 0. The first kappa shape index (κ1) is 11.5. The summed E-state index contributed by atoms with van der Waals surface area (Å²) in [4.78, 5) is 0.364. The van der Waals surface area contributed by atoms with Gasteiger partial charge in [-0.25, -0.2) is 20.4 Å². The van der Waals surface area contributed by atoms with Gasteiger partial charge >= 0.3 is 18.9 Å². The summed E-state index contributed by atoms with van der Waals surface area (Å²) in [5.41, 5.74) is 0.906. The summed E-state index contributed by atoms with van der Waals surface area (Å²) in [7, 11) is -3.19. The molecule has 0 radical (unpaired) electrons. The van der Waals surface area contributed by atoms with Crippen LogP contribution in [0.25, 0.3) is 0 Å². The minimum Gasteiger partial charge on any atom is -0.238 e. The molecule has 1 fully saturated rings. The van der Waals surface area contributed by atoms with Crippen LogP contribution in [0.1, 0.15) is 6.42 Å². The number of benzene rings is 1. The van der Waals surface area contributed by atoms with Crippen molar-refractivity contribution in [2.24, 2.45) is 0 Å². The van der Waals surface area contributed by atoms with Gasteiger partial charge in [-0.3, -0.25) is 0 Å². The van der Waals surface area contributed by atoms with Crippen LogP contribution in [0, 0.1) is 6.42 Å². The van der Waals surface area contributed by atoms with Crippen LogP contribution in [0.5, 0.6) is 0 Å². The van der Waals surface area contributed by atoms with E-state index in [2.05, 4.69) is 0 Å². The van der Waals surface area contributed by atoms with Crippen molar-refractivity contribution in [3.05, 3.63) is 47.7 Å². The average molecular weight is 200 g/mol. The van der Waals surface area contributed by atoms with E-state index >= 15 is 0 Å². The van der Waals surface area contributed by atoms with E-state index in [9.17, 15) is 8.42 Å². The third kappa shape index (κ3) is 2.68. The Morgan fingerprint density at radius 1 is 1.21 bits per heavy atom. The topological polar surface area (TPSA) is 34.1 Å². The Labute approximate surface area is 96.1 Å². The molecule has 1 aliphatic carbocycles. The van der Waals surface area contributed by atoms with Gasteiger partial charge in [-0.05, 0) is 12.1 Å². The molecule has 0 unspecified atom stereocenters. The van der Waals surface area contributed by atoms with Crippen LogP contribution in [0.3, 0.4) is 0 Å². The maximum absolute atomic E-state index is 11.6. The molecule has 0 heterocycles. The Kier molecular flexibility index (Phi) is 3.49. The molecule has 0 bridgehead atoms. The molecule has 0 N–H and O–H groups in total. The molecule has 0 aliphatic heterocycles. The predicted molar refractivity (Wildman–Crippen MR) is 50.6 cm³/mol. The number of hydrogen-bond acceptors (Lipinski definition) is 2. The minimum absolute atomic E-state index is 0. The molecule has 0 atom stereocenters. The van der Waals surface area contributed by atoms with Crippen LogP contribution in [0.2, 0.25) is 0 Å². The van der Waals surface area contributed by atoms with Gasteiger partial charge in [0.1, 0.15) is 9.84 Å². The van der Waals surface area contributed by atoms with Crippen LogP contribution in [0.15, 0.2) is 46.2 Å². The van der Waals surface area contributed by atoms with E-state index in [0.717, 1.165) is 12.0 Å². The van der Waals surface area contributed by atoms with Gasteiger partial charge in [0.2, 0.25) is 0 Å². The average Bonchev–Trinajstić information content (AvgIpc) is 2.89. The number of allylic oxidation sites excluding steroid dienone is 1. The Balaban J connectivity index is 0.000000980. The van der Waals surface area contributed by atoms with Crippen molar-refractivity contribution < 1.29 is 27.3 Å². The predicted octanol–water partition coefficient (Wildman–Crippen LogP) is -1.04. The molecule has 2 rings (SSSR count). The number of sulfone groups is 1. The third-order valence-corrected chi connectivity index (χ3v) is 3.36. The summed E-state index contributed by atoms with van der Waals surface area (Å²) >= 11 is 0. The fourth-order valence-electron chi connectivity index (χ4n) is 1.03. The summed E-state index contributed by atoms with van der Waals surface area (Å²) in [6, 6.07) is 8.46. The summed E-state index contributed by atoms with van der Waals surface area (Å²) in [5.74, 6) is 0. The van der Waals surface area contributed by atoms with E-state index < -0.39 is 9.84 Å². The molecule has 1 saturated carbocycles. The van der Waals surface area contributed by atoms with Crippen molar-refractivity contribution >= 4 is 9.84 Å². The Morgan fingerprint density at radius 2 is 1.79 bits per heavy atom. The number of hydrogen-bond donors (Lipinski definition) is 0.